The van der Waals surface area contributed by atoms with Gasteiger partial charge in [-0.15, -0.1) is 0 Å². The van der Waals surface area contributed by atoms with Gasteiger partial charge >= 0.3 is 5.97 Å². The Hall–Kier alpha value is -2.80. The summed E-state index contributed by atoms with van der Waals surface area (Å²) in [5, 5.41) is 3.77. The minimum atomic E-state index is -0.357. The van der Waals surface area contributed by atoms with Gasteiger partial charge in [-0.1, -0.05) is 42.1 Å². The number of rotatable bonds is 8. The highest BCUT2D eigenvalue weighted by molar-refractivity contribution is 7.99. The van der Waals surface area contributed by atoms with E-state index in [1.54, 1.807) is 19.1 Å². The lowest BCUT2D eigenvalue weighted by Crippen LogP contribution is -2.28. The van der Waals surface area contributed by atoms with Crippen molar-refractivity contribution in [2.75, 3.05) is 12.4 Å². The number of nitrogens with zero attached hydrogens (tertiary/aromatic N) is 2. The van der Waals surface area contributed by atoms with E-state index in [0.717, 1.165) is 28.3 Å². The lowest BCUT2D eigenvalue weighted by Gasteiger charge is -2.14. The van der Waals surface area contributed by atoms with E-state index in [1.165, 1.54) is 11.8 Å². The molecule has 0 saturated heterocycles. The Morgan fingerprint density at radius 2 is 1.93 bits per heavy atom. The lowest BCUT2D eigenvalue weighted by atomic mass is 10.1. The lowest BCUT2D eigenvalue weighted by molar-refractivity contribution is -0.119. The molecule has 1 atom stereocenters. The first kappa shape index (κ1) is 20.9. The SMILES string of the molecule is CCOC(=O)c1ccc2c(c1)nc(SCC(=O)NC(C)c1ccccc1)n2CC. The number of hydrogen-bond acceptors (Lipinski definition) is 5. The third-order valence-corrected chi connectivity index (χ3v) is 5.53. The van der Waals surface area contributed by atoms with Gasteiger partial charge < -0.3 is 14.6 Å². The van der Waals surface area contributed by atoms with E-state index in [0.29, 0.717) is 12.2 Å². The number of aromatic nitrogens is 2. The van der Waals surface area contributed by atoms with Gasteiger partial charge in [0, 0.05) is 6.54 Å². The predicted molar refractivity (Wildman–Crippen MR) is 115 cm³/mol. The van der Waals surface area contributed by atoms with Crippen molar-refractivity contribution in [3.05, 3.63) is 59.7 Å². The molecule has 1 amide bonds. The van der Waals surface area contributed by atoms with Crippen molar-refractivity contribution in [2.24, 2.45) is 0 Å². The number of aryl methyl sites for hydroxylation is 1. The van der Waals surface area contributed by atoms with Crippen LogP contribution in [0.4, 0.5) is 0 Å². The molecule has 0 fully saturated rings. The molecule has 152 valence electrons. The normalized spacial score (nSPS) is 12.0. The van der Waals surface area contributed by atoms with E-state index in [1.807, 2.05) is 54.8 Å². The molecular formula is C22H25N3O3S. The molecule has 0 spiro atoms. The Labute approximate surface area is 174 Å². The van der Waals surface area contributed by atoms with Gasteiger partial charge in [0.1, 0.15) is 0 Å². The van der Waals surface area contributed by atoms with E-state index in [9.17, 15) is 9.59 Å². The Morgan fingerprint density at radius 1 is 1.17 bits per heavy atom. The van der Waals surface area contributed by atoms with E-state index in [-0.39, 0.29) is 23.7 Å². The Kier molecular flexibility index (Phi) is 6.93. The van der Waals surface area contributed by atoms with Crippen LogP contribution in [-0.4, -0.2) is 33.8 Å². The second-order valence-corrected chi connectivity index (χ2v) is 7.49. The van der Waals surface area contributed by atoms with E-state index in [2.05, 4.69) is 10.3 Å². The number of benzene rings is 2. The number of thioether (sulfide) groups is 1. The Morgan fingerprint density at radius 3 is 2.62 bits per heavy atom. The first-order valence-corrected chi connectivity index (χ1v) is 10.7. The van der Waals surface area contributed by atoms with Crippen molar-refractivity contribution >= 4 is 34.7 Å². The second kappa shape index (κ2) is 9.60. The Balaban J connectivity index is 1.70. The maximum atomic E-state index is 12.4. The summed E-state index contributed by atoms with van der Waals surface area (Å²) in [7, 11) is 0. The standard InChI is InChI=1S/C22H25N3O3S/c1-4-25-19-12-11-17(21(27)28-5-2)13-18(19)24-22(25)29-14-20(26)23-15(3)16-9-7-6-8-10-16/h6-13,15H,4-5,14H2,1-3H3,(H,23,26). The first-order valence-electron chi connectivity index (χ1n) is 9.68. The maximum absolute atomic E-state index is 12.4. The zero-order valence-electron chi connectivity index (χ0n) is 16.8. The van der Waals surface area contributed by atoms with Gasteiger partial charge in [-0.25, -0.2) is 9.78 Å². The average Bonchev–Trinajstić information content (AvgIpc) is 3.09. The summed E-state index contributed by atoms with van der Waals surface area (Å²) < 4.78 is 7.11. The largest absolute Gasteiger partial charge is 0.462 e. The third kappa shape index (κ3) is 4.98. The van der Waals surface area contributed by atoms with Gasteiger partial charge in [-0.3, -0.25) is 4.79 Å². The highest BCUT2D eigenvalue weighted by atomic mass is 32.2. The third-order valence-electron chi connectivity index (χ3n) is 4.55. The minimum Gasteiger partial charge on any atom is -0.462 e. The molecule has 1 N–H and O–H groups in total. The number of hydrogen-bond donors (Lipinski definition) is 1. The number of imidazole rings is 1. The van der Waals surface area contributed by atoms with Gasteiger partial charge in [0.15, 0.2) is 5.16 Å². The number of amides is 1. The number of nitrogens with one attached hydrogen (secondary N) is 1. The number of ether oxygens (including phenoxy) is 1. The fourth-order valence-electron chi connectivity index (χ4n) is 3.10. The molecule has 0 aliphatic carbocycles. The molecule has 0 aliphatic rings. The molecule has 0 bridgehead atoms. The Bertz CT molecular complexity index is 1000. The molecule has 1 heterocycles. The van der Waals surface area contributed by atoms with Crippen LogP contribution in [-0.2, 0) is 16.1 Å². The minimum absolute atomic E-state index is 0.0479. The van der Waals surface area contributed by atoms with Gasteiger partial charge in [-0.05, 0) is 44.5 Å². The van der Waals surface area contributed by atoms with Crippen LogP contribution >= 0.6 is 11.8 Å². The van der Waals surface area contributed by atoms with Crippen LogP contribution in [0.5, 0.6) is 0 Å². The maximum Gasteiger partial charge on any atom is 0.338 e. The number of carbonyl (C=O) groups excluding carboxylic acids is 2. The summed E-state index contributed by atoms with van der Waals surface area (Å²) in [6.07, 6.45) is 0. The molecule has 3 aromatic rings. The van der Waals surface area contributed by atoms with Crippen LogP contribution < -0.4 is 5.32 Å². The first-order chi connectivity index (χ1) is 14.0. The molecule has 29 heavy (non-hydrogen) atoms. The van der Waals surface area contributed by atoms with Crippen LogP contribution in [0.1, 0.15) is 42.7 Å². The summed E-state index contributed by atoms with van der Waals surface area (Å²) >= 11 is 1.39. The van der Waals surface area contributed by atoms with Crippen LogP contribution in [0.15, 0.2) is 53.7 Å². The molecular weight excluding hydrogens is 386 g/mol. The molecule has 6 nitrogen and oxygen atoms in total. The van der Waals surface area contributed by atoms with Gasteiger partial charge in [0.25, 0.3) is 0 Å². The molecule has 1 unspecified atom stereocenters. The fourth-order valence-corrected chi connectivity index (χ4v) is 3.99. The van der Waals surface area contributed by atoms with Crippen molar-refractivity contribution < 1.29 is 14.3 Å². The van der Waals surface area contributed by atoms with Crippen LogP contribution in [0.2, 0.25) is 0 Å². The number of carbonyl (C=O) groups is 2. The number of esters is 1. The van der Waals surface area contributed by atoms with Gasteiger partial charge in [-0.2, -0.15) is 0 Å². The molecule has 7 heteroatoms. The van der Waals surface area contributed by atoms with E-state index in [4.69, 9.17) is 4.74 Å². The van der Waals surface area contributed by atoms with Gasteiger partial charge in [0.05, 0.1) is 35.0 Å². The predicted octanol–water partition coefficient (Wildman–Crippen LogP) is 4.20. The molecule has 1 aromatic heterocycles. The summed E-state index contributed by atoms with van der Waals surface area (Å²) in [6.45, 7) is 6.83. The zero-order chi connectivity index (χ0) is 20.8. The van der Waals surface area contributed by atoms with Crippen molar-refractivity contribution in [1.29, 1.82) is 0 Å². The van der Waals surface area contributed by atoms with Gasteiger partial charge in [0.2, 0.25) is 5.91 Å². The van der Waals surface area contributed by atoms with E-state index >= 15 is 0 Å². The second-order valence-electron chi connectivity index (χ2n) is 6.55. The summed E-state index contributed by atoms with van der Waals surface area (Å²) in [6, 6.07) is 15.2. The average molecular weight is 412 g/mol. The monoisotopic (exact) mass is 411 g/mol. The fraction of sp³-hybridized carbons (Fsp3) is 0.318. The van der Waals surface area contributed by atoms with Crippen LogP contribution in [0.25, 0.3) is 11.0 Å². The summed E-state index contributed by atoms with van der Waals surface area (Å²) in [4.78, 5) is 29.0. The topological polar surface area (TPSA) is 73.2 Å². The smallest absolute Gasteiger partial charge is 0.338 e. The van der Waals surface area contributed by atoms with Crippen molar-refractivity contribution in [3.8, 4) is 0 Å². The van der Waals surface area contributed by atoms with Crippen LogP contribution in [0, 0.1) is 0 Å². The molecule has 2 aromatic carbocycles. The summed E-state index contributed by atoms with van der Waals surface area (Å²) in [5.74, 6) is -0.136. The van der Waals surface area contributed by atoms with Crippen molar-refractivity contribution in [2.45, 2.75) is 38.5 Å². The van der Waals surface area contributed by atoms with Crippen molar-refractivity contribution in [1.82, 2.24) is 14.9 Å². The van der Waals surface area contributed by atoms with Crippen LogP contribution in [0.3, 0.4) is 0 Å². The highest BCUT2D eigenvalue weighted by Crippen LogP contribution is 2.25. The molecule has 0 aliphatic heterocycles. The summed E-state index contributed by atoms with van der Waals surface area (Å²) in [5.41, 5.74) is 3.20. The van der Waals surface area contributed by atoms with Crippen molar-refractivity contribution in [3.63, 3.8) is 0 Å². The quantitative estimate of drug-likeness (QED) is 0.444. The highest BCUT2D eigenvalue weighted by Gasteiger charge is 2.16. The molecule has 3 rings (SSSR count). The molecule has 0 radical (unpaired) electrons. The number of fused-ring (bicyclic) bond motifs is 1. The van der Waals surface area contributed by atoms with E-state index < -0.39 is 0 Å². The zero-order valence-corrected chi connectivity index (χ0v) is 17.7. The molecule has 0 saturated carbocycles.